The number of nitrogens with one attached hydrogen (secondary N) is 1. The van der Waals surface area contributed by atoms with E-state index in [2.05, 4.69) is 21.2 Å². The third-order valence-corrected chi connectivity index (χ3v) is 6.67. The highest BCUT2D eigenvalue weighted by Gasteiger charge is 2.32. The van der Waals surface area contributed by atoms with Crippen molar-refractivity contribution in [2.75, 3.05) is 6.61 Å². The summed E-state index contributed by atoms with van der Waals surface area (Å²) < 4.78 is 6.82. The summed E-state index contributed by atoms with van der Waals surface area (Å²) in [5, 5.41) is 3.67. The highest BCUT2D eigenvalue weighted by atomic mass is 79.9. The Labute approximate surface area is 226 Å². The maximum atomic E-state index is 13.6. The van der Waals surface area contributed by atoms with Crippen molar-refractivity contribution in [3.05, 3.63) is 99.0 Å². The van der Waals surface area contributed by atoms with Crippen molar-refractivity contribution in [3.8, 4) is 5.75 Å². The van der Waals surface area contributed by atoms with Gasteiger partial charge in [0.05, 0.1) is 0 Å². The average Bonchev–Trinajstić information content (AvgIpc) is 2.82. The lowest BCUT2D eigenvalue weighted by molar-refractivity contribution is -0.143. The Kier molecular flexibility index (Phi) is 9.57. The van der Waals surface area contributed by atoms with E-state index in [1.165, 1.54) is 0 Å². The lowest BCUT2D eigenvalue weighted by Crippen LogP contribution is -2.55. The number of carbonyl (C=O) groups is 2. The van der Waals surface area contributed by atoms with Crippen molar-refractivity contribution in [1.82, 2.24) is 10.2 Å². The van der Waals surface area contributed by atoms with Gasteiger partial charge >= 0.3 is 0 Å². The molecule has 0 radical (unpaired) electrons. The van der Waals surface area contributed by atoms with Crippen LogP contribution < -0.4 is 10.1 Å². The molecular weight excluding hydrogens is 540 g/mol. The average molecular weight is 572 g/mol. The first-order valence-corrected chi connectivity index (χ1v) is 13.0. The maximum Gasteiger partial charge on any atom is 0.261 e. The summed E-state index contributed by atoms with van der Waals surface area (Å²) in [4.78, 5) is 28.8. The Hall–Kier alpha value is -2.83. The number of aryl methyl sites for hydroxylation is 1. The van der Waals surface area contributed by atoms with Crippen molar-refractivity contribution < 1.29 is 14.3 Å². The van der Waals surface area contributed by atoms with Gasteiger partial charge in [0.25, 0.3) is 5.91 Å². The number of nitrogens with zero attached hydrogens (tertiary/aromatic N) is 1. The third kappa shape index (κ3) is 8.38. The van der Waals surface area contributed by atoms with E-state index in [1.807, 2.05) is 88.4 Å². The number of carbonyl (C=O) groups excluding carboxylic acids is 2. The molecule has 0 bridgehead atoms. The molecule has 1 atom stereocenters. The molecule has 3 rings (SSSR count). The lowest BCUT2D eigenvalue weighted by Gasteiger charge is -2.33. The van der Waals surface area contributed by atoms with E-state index in [0.717, 1.165) is 21.2 Å². The van der Waals surface area contributed by atoms with Gasteiger partial charge in [0.2, 0.25) is 5.91 Å². The molecule has 0 saturated carbocycles. The summed E-state index contributed by atoms with van der Waals surface area (Å²) in [7, 11) is 0. The van der Waals surface area contributed by atoms with E-state index in [-0.39, 0.29) is 25.0 Å². The Morgan fingerprint density at radius 2 is 1.67 bits per heavy atom. The number of rotatable bonds is 9. The molecule has 2 amide bonds. The molecular formula is C29H32BrClN2O3. The Bertz CT molecular complexity index is 1180. The van der Waals surface area contributed by atoms with E-state index < -0.39 is 11.6 Å². The summed E-state index contributed by atoms with van der Waals surface area (Å²) in [6.45, 7) is 7.79. The minimum atomic E-state index is -0.731. The number of halogens is 2. The van der Waals surface area contributed by atoms with Crippen LogP contribution in [0.15, 0.2) is 77.3 Å². The number of hydrogen-bond donors (Lipinski definition) is 1. The van der Waals surface area contributed by atoms with Crippen molar-refractivity contribution in [2.45, 2.75) is 52.2 Å². The quantitative estimate of drug-likeness (QED) is 0.326. The standard InChI is InChI=1S/C29H32BrClN2O3/c1-20-16-24(14-15-25(20)30)36-19-27(34)33(18-22-10-12-23(31)13-11-22)26(28(35)32-29(2,3)4)17-21-8-6-5-7-9-21/h5-16,26H,17-19H2,1-4H3,(H,32,35). The van der Waals surface area contributed by atoms with E-state index in [1.54, 1.807) is 17.0 Å². The first kappa shape index (κ1) is 27.8. The fourth-order valence-electron chi connectivity index (χ4n) is 3.73. The minimum absolute atomic E-state index is 0.192. The summed E-state index contributed by atoms with van der Waals surface area (Å²) >= 11 is 9.56. The van der Waals surface area contributed by atoms with Crippen LogP contribution in [0.25, 0.3) is 0 Å². The molecule has 1 N–H and O–H groups in total. The molecule has 5 nitrogen and oxygen atoms in total. The van der Waals surface area contributed by atoms with Crippen molar-refractivity contribution in [3.63, 3.8) is 0 Å². The zero-order valence-electron chi connectivity index (χ0n) is 21.1. The Morgan fingerprint density at radius 1 is 1.00 bits per heavy atom. The van der Waals surface area contributed by atoms with Crippen molar-refractivity contribution in [1.29, 1.82) is 0 Å². The van der Waals surface area contributed by atoms with Crippen molar-refractivity contribution in [2.24, 2.45) is 0 Å². The predicted octanol–water partition coefficient (Wildman–Crippen LogP) is 6.34. The second-order valence-corrected chi connectivity index (χ2v) is 11.1. The SMILES string of the molecule is Cc1cc(OCC(=O)N(Cc2ccc(Cl)cc2)C(Cc2ccccc2)C(=O)NC(C)(C)C)ccc1Br. The van der Waals surface area contributed by atoms with Gasteiger partial charge in [0, 0.05) is 28.0 Å². The van der Waals surface area contributed by atoms with Crippen LogP contribution in [0, 0.1) is 6.92 Å². The highest BCUT2D eigenvalue weighted by molar-refractivity contribution is 9.10. The van der Waals surface area contributed by atoms with Gasteiger partial charge in [-0.1, -0.05) is 70.0 Å². The van der Waals surface area contributed by atoms with Crippen LogP contribution in [0.5, 0.6) is 5.75 Å². The van der Waals surface area contributed by atoms with Gasteiger partial charge in [0.15, 0.2) is 6.61 Å². The molecule has 0 aliphatic heterocycles. The monoisotopic (exact) mass is 570 g/mol. The summed E-state index contributed by atoms with van der Waals surface area (Å²) in [5.41, 5.74) is 2.38. The molecule has 7 heteroatoms. The van der Waals surface area contributed by atoms with E-state index in [0.29, 0.717) is 17.2 Å². The van der Waals surface area contributed by atoms with Crippen LogP contribution in [0.4, 0.5) is 0 Å². The van der Waals surface area contributed by atoms with Gasteiger partial charge in [0.1, 0.15) is 11.8 Å². The van der Waals surface area contributed by atoms with E-state index >= 15 is 0 Å². The molecule has 0 aromatic heterocycles. The molecule has 0 fully saturated rings. The Morgan fingerprint density at radius 3 is 2.28 bits per heavy atom. The van der Waals surface area contributed by atoms with Crippen LogP contribution in [0.1, 0.15) is 37.5 Å². The summed E-state index contributed by atoms with van der Waals surface area (Å²) in [6, 6.07) is 21.8. The molecule has 190 valence electrons. The molecule has 1 unspecified atom stereocenters. The zero-order valence-corrected chi connectivity index (χ0v) is 23.4. The van der Waals surface area contributed by atoms with E-state index in [4.69, 9.17) is 16.3 Å². The second-order valence-electron chi connectivity index (χ2n) is 9.79. The van der Waals surface area contributed by atoms with Crippen LogP contribution in [0.3, 0.4) is 0 Å². The summed E-state index contributed by atoms with van der Waals surface area (Å²) in [6.07, 6.45) is 0.374. The molecule has 36 heavy (non-hydrogen) atoms. The molecule has 0 saturated heterocycles. The van der Waals surface area contributed by atoms with Crippen LogP contribution in [-0.4, -0.2) is 34.9 Å². The fraction of sp³-hybridized carbons (Fsp3) is 0.310. The molecule has 0 heterocycles. The first-order chi connectivity index (χ1) is 17.0. The maximum absolute atomic E-state index is 13.6. The molecule has 3 aromatic carbocycles. The number of amides is 2. The van der Waals surface area contributed by atoms with Crippen molar-refractivity contribution >= 4 is 39.3 Å². The molecule has 0 spiro atoms. The predicted molar refractivity (Wildman–Crippen MR) is 148 cm³/mol. The molecule has 0 aliphatic rings. The number of hydrogen-bond acceptors (Lipinski definition) is 3. The highest BCUT2D eigenvalue weighted by Crippen LogP contribution is 2.22. The normalized spacial score (nSPS) is 12.1. The van der Waals surface area contributed by atoms with Gasteiger partial charge in [-0.05, 0) is 74.7 Å². The van der Waals surface area contributed by atoms with Gasteiger partial charge in [-0.25, -0.2) is 0 Å². The number of ether oxygens (including phenoxy) is 1. The largest absolute Gasteiger partial charge is 0.484 e. The zero-order chi connectivity index (χ0) is 26.3. The molecule has 0 aliphatic carbocycles. The summed E-state index contributed by atoms with van der Waals surface area (Å²) in [5.74, 6) is 0.0953. The lowest BCUT2D eigenvalue weighted by atomic mass is 10.0. The van der Waals surface area contributed by atoms with E-state index in [9.17, 15) is 9.59 Å². The topological polar surface area (TPSA) is 58.6 Å². The van der Waals surface area contributed by atoms with Crippen LogP contribution in [0.2, 0.25) is 5.02 Å². The van der Waals surface area contributed by atoms with Gasteiger partial charge in [-0.3, -0.25) is 9.59 Å². The first-order valence-electron chi connectivity index (χ1n) is 11.8. The minimum Gasteiger partial charge on any atom is -0.484 e. The number of benzene rings is 3. The van der Waals surface area contributed by atoms with Gasteiger partial charge in [-0.2, -0.15) is 0 Å². The fourth-order valence-corrected chi connectivity index (χ4v) is 4.10. The van der Waals surface area contributed by atoms with Gasteiger partial charge in [-0.15, -0.1) is 0 Å². The van der Waals surface area contributed by atoms with Gasteiger partial charge < -0.3 is 15.0 Å². The Balaban J connectivity index is 1.92. The second kappa shape index (κ2) is 12.4. The van der Waals surface area contributed by atoms with Crippen LogP contribution in [-0.2, 0) is 22.6 Å². The smallest absolute Gasteiger partial charge is 0.261 e. The van der Waals surface area contributed by atoms with Crippen LogP contribution >= 0.6 is 27.5 Å². The molecule has 3 aromatic rings. The third-order valence-electron chi connectivity index (χ3n) is 5.53.